The number of carbonyl (C=O) groups excluding carboxylic acids is 1. The summed E-state index contributed by atoms with van der Waals surface area (Å²) in [7, 11) is 0. The second kappa shape index (κ2) is 9.09. The van der Waals surface area contributed by atoms with Gasteiger partial charge in [0.1, 0.15) is 12.4 Å². The second-order valence-corrected chi connectivity index (χ2v) is 7.81. The number of pyridine rings is 1. The summed E-state index contributed by atoms with van der Waals surface area (Å²) in [5.74, 6) is 0.146. The summed E-state index contributed by atoms with van der Waals surface area (Å²) in [5.41, 5.74) is 4.36. The number of halogens is 1. The van der Waals surface area contributed by atoms with E-state index in [9.17, 15) is 9.18 Å². The summed E-state index contributed by atoms with van der Waals surface area (Å²) in [6.45, 7) is 2.19. The molecule has 2 heterocycles. The fourth-order valence-corrected chi connectivity index (χ4v) is 4.16. The Bertz CT molecular complexity index is 1190. The summed E-state index contributed by atoms with van der Waals surface area (Å²) in [4.78, 5) is 21.6. The highest BCUT2D eigenvalue weighted by Crippen LogP contribution is 2.27. The molecule has 30 heavy (non-hydrogen) atoms. The Hall–Kier alpha value is -3.19. The van der Waals surface area contributed by atoms with Crippen LogP contribution in [-0.4, -0.2) is 20.4 Å². The number of fused-ring (bicyclic) bond motifs is 1. The molecule has 4 rings (SSSR count). The number of nitrogens with zero attached hydrogens (tertiary/aromatic N) is 3. The standard InChI is InChI=1S/C23H21FN4OS/c1-2-16-5-4-8-19(12-16)26-22(29)14-28-21-13-25-10-9-20(21)27-23(28)30-15-17-6-3-7-18(24)11-17/h3-13H,2,14-15H2,1H3,(H,26,29). The molecule has 0 aliphatic heterocycles. The number of thioether (sulfide) groups is 1. The van der Waals surface area contributed by atoms with E-state index in [1.54, 1.807) is 18.5 Å². The van der Waals surface area contributed by atoms with Gasteiger partial charge in [0.2, 0.25) is 5.91 Å². The van der Waals surface area contributed by atoms with Crippen LogP contribution in [0.5, 0.6) is 0 Å². The molecule has 1 N–H and O–H groups in total. The third-order valence-corrected chi connectivity index (χ3v) is 5.74. The molecule has 152 valence electrons. The molecule has 0 bridgehead atoms. The van der Waals surface area contributed by atoms with Crippen molar-refractivity contribution in [1.29, 1.82) is 0 Å². The first-order valence-corrected chi connectivity index (χ1v) is 10.7. The van der Waals surface area contributed by atoms with Gasteiger partial charge in [-0.25, -0.2) is 9.37 Å². The van der Waals surface area contributed by atoms with E-state index in [0.29, 0.717) is 10.9 Å². The highest BCUT2D eigenvalue weighted by atomic mass is 32.2. The van der Waals surface area contributed by atoms with Gasteiger partial charge in [0, 0.05) is 17.6 Å². The predicted molar refractivity (Wildman–Crippen MR) is 118 cm³/mol. The highest BCUT2D eigenvalue weighted by molar-refractivity contribution is 7.98. The van der Waals surface area contributed by atoms with Crippen LogP contribution in [0.2, 0.25) is 0 Å². The monoisotopic (exact) mass is 420 g/mol. The molecule has 5 nitrogen and oxygen atoms in total. The van der Waals surface area contributed by atoms with E-state index in [1.807, 2.05) is 41.0 Å². The summed E-state index contributed by atoms with van der Waals surface area (Å²) >= 11 is 1.47. The van der Waals surface area contributed by atoms with E-state index in [4.69, 9.17) is 0 Å². The number of imidazole rings is 1. The topological polar surface area (TPSA) is 59.8 Å². The normalized spacial score (nSPS) is 11.0. The molecule has 0 unspecified atom stereocenters. The lowest BCUT2D eigenvalue weighted by molar-refractivity contribution is -0.116. The van der Waals surface area contributed by atoms with Gasteiger partial charge in [-0.2, -0.15) is 0 Å². The number of aromatic nitrogens is 3. The first kappa shape index (κ1) is 20.1. The van der Waals surface area contributed by atoms with Crippen LogP contribution < -0.4 is 5.32 Å². The van der Waals surface area contributed by atoms with Crippen LogP contribution in [0.3, 0.4) is 0 Å². The number of benzene rings is 2. The summed E-state index contributed by atoms with van der Waals surface area (Å²) in [6.07, 6.45) is 4.29. The number of nitrogens with one attached hydrogen (secondary N) is 1. The number of aryl methyl sites for hydroxylation is 1. The molecule has 0 saturated carbocycles. The molecule has 7 heteroatoms. The number of carbonyl (C=O) groups is 1. The predicted octanol–water partition coefficient (Wildman–Crippen LogP) is 5.06. The van der Waals surface area contributed by atoms with Gasteiger partial charge in [-0.3, -0.25) is 9.78 Å². The Morgan fingerprint density at radius 3 is 2.80 bits per heavy atom. The van der Waals surface area contributed by atoms with E-state index in [-0.39, 0.29) is 18.3 Å². The molecule has 2 aromatic carbocycles. The van der Waals surface area contributed by atoms with Crippen LogP contribution in [-0.2, 0) is 23.5 Å². The van der Waals surface area contributed by atoms with Crippen molar-refractivity contribution in [3.05, 3.63) is 83.9 Å². The minimum Gasteiger partial charge on any atom is -0.325 e. The Labute approximate surface area is 178 Å². The van der Waals surface area contributed by atoms with E-state index < -0.39 is 0 Å². The maximum atomic E-state index is 13.5. The zero-order valence-electron chi connectivity index (χ0n) is 16.5. The SMILES string of the molecule is CCc1cccc(NC(=O)Cn2c(SCc3cccc(F)c3)nc3ccncc32)c1. The van der Waals surface area contributed by atoms with Crippen LogP contribution in [0, 0.1) is 5.82 Å². The van der Waals surface area contributed by atoms with E-state index in [2.05, 4.69) is 22.2 Å². The third-order valence-electron chi connectivity index (χ3n) is 4.69. The summed E-state index contributed by atoms with van der Waals surface area (Å²) in [5, 5.41) is 3.66. The molecule has 0 spiro atoms. The average Bonchev–Trinajstić information content (AvgIpc) is 3.10. The maximum Gasteiger partial charge on any atom is 0.244 e. The number of hydrogen-bond acceptors (Lipinski definition) is 4. The first-order chi connectivity index (χ1) is 14.6. The van der Waals surface area contributed by atoms with Gasteiger partial charge in [0.15, 0.2) is 5.16 Å². The zero-order chi connectivity index (χ0) is 20.9. The minimum absolute atomic E-state index is 0.115. The molecule has 2 aromatic heterocycles. The molecule has 1 amide bonds. The molecule has 0 fully saturated rings. The fraction of sp³-hybridized carbons (Fsp3) is 0.174. The number of amides is 1. The van der Waals surface area contributed by atoms with Crippen LogP contribution in [0.4, 0.5) is 10.1 Å². The smallest absolute Gasteiger partial charge is 0.244 e. The lowest BCUT2D eigenvalue weighted by Crippen LogP contribution is -2.19. The molecule has 0 aliphatic rings. The number of hydrogen-bond donors (Lipinski definition) is 1. The molecule has 0 atom stereocenters. The van der Waals surface area contributed by atoms with Crippen LogP contribution in [0.15, 0.2) is 72.1 Å². The van der Waals surface area contributed by atoms with Crippen molar-refractivity contribution in [3.8, 4) is 0 Å². The lowest BCUT2D eigenvalue weighted by Gasteiger charge is -2.10. The van der Waals surface area contributed by atoms with Crippen LogP contribution in [0.1, 0.15) is 18.1 Å². The number of rotatable bonds is 7. The van der Waals surface area contributed by atoms with Gasteiger partial charge in [-0.1, -0.05) is 43.0 Å². The maximum absolute atomic E-state index is 13.5. The summed E-state index contributed by atoms with van der Waals surface area (Å²) in [6, 6.07) is 16.1. The van der Waals surface area contributed by atoms with Crippen molar-refractivity contribution < 1.29 is 9.18 Å². The number of anilines is 1. The van der Waals surface area contributed by atoms with E-state index in [0.717, 1.165) is 34.3 Å². The minimum atomic E-state index is -0.264. The van der Waals surface area contributed by atoms with Gasteiger partial charge in [0.05, 0.1) is 17.2 Å². The highest BCUT2D eigenvalue weighted by Gasteiger charge is 2.15. The quantitative estimate of drug-likeness (QED) is 0.425. The van der Waals surface area contributed by atoms with Crippen molar-refractivity contribution in [2.24, 2.45) is 0 Å². The molecule has 0 saturated heterocycles. The van der Waals surface area contributed by atoms with E-state index >= 15 is 0 Å². The Kier molecular flexibility index (Phi) is 6.09. The van der Waals surface area contributed by atoms with E-state index in [1.165, 1.54) is 23.9 Å². The zero-order valence-corrected chi connectivity index (χ0v) is 17.3. The van der Waals surface area contributed by atoms with Gasteiger partial charge >= 0.3 is 0 Å². The van der Waals surface area contributed by atoms with Crippen molar-refractivity contribution in [3.63, 3.8) is 0 Å². The van der Waals surface area contributed by atoms with Crippen LogP contribution in [0.25, 0.3) is 11.0 Å². The van der Waals surface area contributed by atoms with Gasteiger partial charge in [-0.05, 0) is 47.9 Å². The molecule has 4 aromatic rings. The van der Waals surface area contributed by atoms with Gasteiger partial charge < -0.3 is 9.88 Å². The molecular weight excluding hydrogens is 399 g/mol. The Morgan fingerprint density at radius 2 is 1.97 bits per heavy atom. The van der Waals surface area contributed by atoms with Gasteiger partial charge in [0.25, 0.3) is 0 Å². The van der Waals surface area contributed by atoms with Gasteiger partial charge in [-0.15, -0.1) is 0 Å². The molecule has 0 aliphatic carbocycles. The van der Waals surface area contributed by atoms with Crippen molar-refractivity contribution in [2.75, 3.05) is 5.32 Å². The van der Waals surface area contributed by atoms with Crippen LogP contribution >= 0.6 is 11.8 Å². The fourth-order valence-electron chi connectivity index (χ4n) is 3.20. The summed E-state index contributed by atoms with van der Waals surface area (Å²) < 4.78 is 15.3. The molecule has 0 radical (unpaired) electrons. The second-order valence-electron chi connectivity index (χ2n) is 6.87. The first-order valence-electron chi connectivity index (χ1n) is 9.68. The Balaban J connectivity index is 1.55. The average molecular weight is 421 g/mol. The van der Waals surface area contributed by atoms with Crippen molar-refractivity contribution in [2.45, 2.75) is 30.8 Å². The van der Waals surface area contributed by atoms with Crippen molar-refractivity contribution in [1.82, 2.24) is 14.5 Å². The largest absolute Gasteiger partial charge is 0.325 e. The Morgan fingerprint density at radius 1 is 1.13 bits per heavy atom. The molecular formula is C23H21FN4OS. The third kappa shape index (κ3) is 4.68. The van der Waals surface area contributed by atoms with Crippen molar-refractivity contribution >= 4 is 34.4 Å². The lowest BCUT2D eigenvalue weighted by atomic mass is 10.1.